The summed E-state index contributed by atoms with van der Waals surface area (Å²) in [5, 5.41) is 10.1. The summed E-state index contributed by atoms with van der Waals surface area (Å²) < 4.78 is 0. The Balaban J connectivity index is 2.25. The lowest BCUT2D eigenvalue weighted by Crippen LogP contribution is -2.14. The monoisotopic (exact) mass is 248 g/mol. The molecule has 1 heteroatoms. The standard InChI is InChI=1S/C17H28O/c1-3-5-9-15(4-2)14-17(18)13-12-16-10-7-6-8-11-16/h6-8,10-11,15,17-18H,3-5,9,12-14H2,1-2H3. The quantitative estimate of drug-likeness (QED) is 0.678. The molecule has 2 atom stereocenters. The Kier molecular flexibility index (Phi) is 7.75. The van der Waals surface area contributed by atoms with Crippen molar-refractivity contribution in [2.24, 2.45) is 5.92 Å². The summed E-state index contributed by atoms with van der Waals surface area (Å²) in [6.07, 6.45) is 7.76. The zero-order valence-corrected chi connectivity index (χ0v) is 11.9. The van der Waals surface area contributed by atoms with Crippen molar-refractivity contribution in [3.8, 4) is 0 Å². The van der Waals surface area contributed by atoms with Crippen molar-refractivity contribution in [1.29, 1.82) is 0 Å². The van der Waals surface area contributed by atoms with Crippen molar-refractivity contribution in [3.63, 3.8) is 0 Å². The van der Waals surface area contributed by atoms with Crippen LogP contribution in [0.1, 0.15) is 57.9 Å². The number of benzene rings is 1. The summed E-state index contributed by atoms with van der Waals surface area (Å²) in [6.45, 7) is 4.47. The van der Waals surface area contributed by atoms with Gasteiger partial charge < -0.3 is 5.11 Å². The SMILES string of the molecule is CCCCC(CC)CC(O)CCc1ccccc1. The molecule has 0 aromatic heterocycles. The summed E-state index contributed by atoms with van der Waals surface area (Å²) in [5.74, 6) is 0.704. The molecule has 1 aromatic carbocycles. The normalized spacial score (nSPS) is 14.4. The second kappa shape index (κ2) is 9.16. The summed E-state index contributed by atoms with van der Waals surface area (Å²) in [7, 11) is 0. The van der Waals surface area contributed by atoms with Gasteiger partial charge in [-0.25, -0.2) is 0 Å². The molecule has 0 bridgehead atoms. The maximum atomic E-state index is 10.1. The van der Waals surface area contributed by atoms with Gasteiger partial charge in [0.2, 0.25) is 0 Å². The van der Waals surface area contributed by atoms with Crippen molar-refractivity contribution < 1.29 is 5.11 Å². The van der Waals surface area contributed by atoms with E-state index in [0.717, 1.165) is 19.3 Å². The van der Waals surface area contributed by atoms with Crippen LogP contribution < -0.4 is 0 Å². The number of rotatable bonds is 9. The second-order valence-electron chi connectivity index (χ2n) is 5.33. The first-order valence-corrected chi connectivity index (χ1v) is 7.48. The molecule has 18 heavy (non-hydrogen) atoms. The van der Waals surface area contributed by atoms with E-state index in [4.69, 9.17) is 0 Å². The highest BCUT2D eigenvalue weighted by Gasteiger charge is 2.12. The Morgan fingerprint density at radius 1 is 1.06 bits per heavy atom. The molecule has 0 spiro atoms. The fraction of sp³-hybridized carbons (Fsp3) is 0.647. The van der Waals surface area contributed by atoms with Crippen LogP contribution in [0.15, 0.2) is 30.3 Å². The molecule has 1 aromatic rings. The fourth-order valence-corrected chi connectivity index (χ4v) is 2.46. The lowest BCUT2D eigenvalue weighted by molar-refractivity contribution is 0.129. The van der Waals surface area contributed by atoms with Gasteiger partial charge in [-0.05, 0) is 30.7 Å². The summed E-state index contributed by atoms with van der Waals surface area (Å²) in [5.41, 5.74) is 1.33. The molecule has 0 saturated heterocycles. The van der Waals surface area contributed by atoms with Crippen LogP contribution in [-0.4, -0.2) is 11.2 Å². The molecule has 0 heterocycles. The zero-order valence-electron chi connectivity index (χ0n) is 11.9. The third-order valence-corrected chi connectivity index (χ3v) is 3.76. The van der Waals surface area contributed by atoms with Crippen LogP contribution in [-0.2, 0) is 6.42 Å². The van der Waals surface area contributed by atoms with Crippen molar-refractivity contribution in [1.82, 2.24) is 0 Å². The summed E-state index contributed by atoms with van der Waals surface area (Å²) in [6, 6.07) is 10.5. The molecule has 0 saturated carbocycles. The van der Waals surface area contributed by atoms with E-state index >= 15 is 0 Å². The highest BCUT2D eigenvalue weighted by atomic mass is 16.3. The maximum absolute atomic E-state index is 10.1. The van der Waals surface area contributed by atoms with Gasteiger partial charge in [0.15, 0.2) is 0 Å². The lowest BCUT2D eigenvalue weighted by atomic mass is 9.91. The van der Waals surface area contributed by atoms with Crippen LogP contribution in [0.2, 0.25) is 0 Å². The molecular formula is C17H28O. The second-order valence-corrected chi connectivity index (χ2v) is 5.33. The van der Waals surface area contributed by atoms with Gasteiger partial charge in [0.05, 0.1) is 6.10 Å². The Labute approximate surface area is 112 Å². The van der Waals surface area contributed by atoms with E-state index in [1.54, 1.807) is 0 Å². The molecule has 0 aliphatic rings. The van der Waals surface area contributed by atoms with Crippen molar-refractivity contribution in [2.45, 2.75) is 64.9 Å². The van der Waals surface area contributed by atoms with Crippen LogP contribution >= 0.6 is 0 Å². The third kappa shape index (κ3) is 6.20. The molecule has 0 amide bonds. The van der Waals surface area contributed by atoms with Crippen LogP contribution in [0.5, 0.6) is 0 Å². The fourth-order valence-electron chi connectivity index (χ4n) is 2.46. The van der Waals surface area contributed by atoms with Gasteiger partial charge >= 0.3 is 0 Å². The topological polar surface area (TPSA) is 20.2 Å². The maximum Gasteiger partial charge on any atom is 0.0546 e. The smallest absolute Gasteiger partial charge is 0.0546 e. The van der Waals surface area contributed by atoms with Gasteiger partial charge in [-0.1, -0.05) is 69.9 Å². The van der Waals surface area contributed by atoms with Gasteiger partial charge in [0.25, 0.3) is 0 Å². The lowest BCUT2D eigenvalue weighted by Gasteiger charge is -2.18. The van der Waals surface area contributed by atoms with E-state index in [9.17, 15) is 5.11 Å². The van der Waals surface area contributed by atoms with E-state index in [-0.39, 0.29) is 6.10 Å². The van der Waals surface area contributed by atoms with Gasteiger partial charge in [-0.15, -0.1) is 0 Å². The van der Waals surface area contributed by atoms with Gasteiger partial charge in [0, 0.05) is 0 Å². The molecular weight excluding hydrogens is 220 g/mol. The van der Waals surface area contributed by atoms with E-state index in [1.807, 2.05) is 6.07 Å². The number of aliphatic hydroxyl groups excluding tert-OH is 1. The zero-order chi connectivity index (χ0) is 13.2. The molecule has 2 unspecified atom stereocenters. The first kappa shape index (κ1) is 15.2. The Bertz CT molecular complexity index is 294. The van der Waals surface area contributed by atoms with Crippen LogP contribution in [0.25, 0.3) is 0 Å². The average molecular weight is 248 g/mol. The molecule has 1 nitrogen and oxygen atoms in total. The highest BCUT2D eigenvalue weighted by molar-refractivity contribution is 5.14. The van der Waals surface area contributed by atoms with Crippen LogP contribution in [0.3, 0.4) is 0 Å². The predicted molar refractivity (Wildman–Crippen MR) is 78.7 cm³/mol. The molecule has 0 radical (unpaired) electrons. The third-order valence-electron chi connectivity index (χ3n) is 3.76. The number of unbranched alkanes of at least 4 members (excludes halogenated alkanes) is 1. The van der Waals surface area contributed by atoms with Gasteiger partial charge in [-0.3, -0.25) is 0 Å². The Hall–Kier alpha value is -0.820. The highest BCUT2D eigenvalue weighted by Crippen LogP contribution is 2.20. The minimum atomic E-state index is -0.132. The number of aliphatic hydroxyl groups is 1. The van der Waals surface area contributed by atoms with E-state index in [2.05, 4.69) is 38.1 Å². The summed E-state index contributed by atoms with van der Waals surface area (Å²) >= 11 is 0. The molecule has 0 aliphatic heterocycles. The minimum absolute atomic E-state index is 0.132. The molecule has 102 valence electrons. The minimum Gasteiger partial charge on any atom is -0.393 e. The predicted octanol–water partition coefficient (Wildman–Crippen LogP) is 4.59. The van der Waals surface area contributed by atoms with Gasteiger partial charge in [-0.2, -0.15) is 0 Å². The summed E-state index contributed by atoms with van der Waals surface area (Å²) in [4.78, 5) is 0. The number of aryl methyl sites for hydroxylation is 1. The van der Waals surface area contributed by atoms with Crippen LogP contribution in [0, 0.1) is 5.92 Å². The first-order chi connectivity index (χ1) is 8.76. The van der Waals surface area contributed by atoms with Crippen molar-refractivity contribution >= 4 is 0 Å². The molecule has 0 fully saturated rings. The molecule has 1 rings (SSSR count). The van der Waals surface area contributed by atoms with Gasteiger partial charge in [0.1, 0.15) is 0 Å². The van der Waals surface area contributed by atoms with E-state index in [1.165, 1.54) is 31.2 Å². The van der Waals surface area contributed by atoms with E-state index < -0.39 is 0 Å². The Morgan fingerprint density at radius 3 is 2.39 bits per heavy atom. The largest absolute Gasteiger partial charge is 0.393 e. The van der Waals surface area contributed by atoms with Crippen LogP contribution in [0.4, 0.5) is 0 Å². The molecule has 0 aliphatic carbocycles. The first-order valence-electron chi connectivity index (χ1n) is 7.48. The van der Waals surface area contributed by atoms with Crippen molar-refractivity contribution in [2.75, 3.05) is 0 Å². The van der Waals surface area contributed by atoms with E-state index in [0.29, 0.717) is 5.92 Å². The number of hydrogen-bond donors (Lipinski definition) is 1. The number of hydrogen-bond acceptors (Lipinski definition) is 1. The average Bonchev–Trinajstić information content (AvgIpc) is 2.42. The van der Waals surface area contributed by atoms with Crippen molar-refractivity contribution in [3.05, 3.63) is 35.9 Å². The Morgan fingerprint density at radius 2 is 1.78 bits per heavy atom. The molecule has 1 N–H and O–H groups in total.